The summed E-state index contributed by atoms with van der Waals surface area (Å²) in [6.45, 7) is 3.59. The Kier molecular flexibility index (Phi) is 8.48. The second-order valence-corrected chi connectivity index (χ2v) is 8.05. The first-order valence-electron chi connectivity index (χ1n) is 11.4. The first-order chi connectivity index (χ1) is 16.7. The molecule has 3 aromatic carbocycles. The topological polar surface area (TPSA) is 60.0 Å². The largest absolute Gasteiger partial charge is 0.489 e. The van der Waals surface area contributed by atoms with Crippen LogP contribution in [0.4, 0.5) is 4.39 Å². The maximum atomic E-state index is 13.4. The van der Waals surface area contributed by atoms with Crippen molar-refractivity contribution in [1.82, 2.24) is 10.2 Å². The van der Waals surface area contributed by atoms with Crippen LogP contribution in [0.2, 0.25) is 0 Å². The van der Waals surface area contributed by atoms with Gasteiger partial charge in [-0.05, 0) is 47.5 Å². The highest BCUT2D eigenvalue weighted by Crippen LogP contribution is 2.22. The van der Waals surface area contributed by atoms with Gasteiger partial charge in [-0.3, -0.25) is 9.69 Å². The highest BCUT2D eigenvalue weighted by molar-refractivity contribution is 5.77. The second-order valence-electron chi connectivity index (χ2n) is 8.05. The summed E-state index contributed by atoms with van der Waals surface area (Å²) in [6, 6.07) is 23.5. The van der Waals surface area contributed by atoms with Gasteiger partial charge in [0, 0.05) is 19.6 Å². The number of benzene rings is 3. The molecule has 34 heavy (non-hydrogen) atoms. The van der Waals surface area contributed by atoms with Crippen LogP contribution in [-0.4, -0.2) is 50.3 Å². The summed E-state index contributed by atoms with van der Waals surface area (Å²) >= 11 is 0. The zero-order chi connectivity index (χ0) is 23.6. The lowest BCUT2D eigenvalue weighted by Crippen LogP contribution is -2.44. The molecule has 4 rings (SSSR count). The summed E-state index contributed by atoms with van der Waals surface area (Å²) in [6.07, 6.45) is 0. The third kappa shape index (κ3) is 7.04. The van der Waals surface area contributed by atoms with E-state index >= 15 is 0 Å². The Hall–Kier alpha value is -3.42. The Morgan fingerprint density at radius 1 is 0.912 bits per heavy atom. The first kappa shape index (κ1) is 23.7. The lowest BCUT2D eigenvalue weighted by molar-refractivity contribution is -0.123. The van der Waals surface area contributed by atoms with E-state index in [0.717, 1.165) is 30.0 Å². The Labute approximate surface area is 199 Å². The number of nitrogens with zero attached hydrogens (tertiary/aromatic N) is 1. The summed E-state index contributed by atoms with van der Waals surface area (Å²) in [5, 5.41) is 2.95. The molecule has 0 aromatic heterocycles. The van der Waals surface area contributed by atoms with Crippen LogP contribution < -0.4 is 14.8 Å². The number of nitrogens with one attached hydrogen (secondary N) is 1. The number of rotatable bonds is 10. The molecule has 0 spiro atoms. The van der Waals surface area contributed by atoms with Crippen LogP contribution >= 0.6 is 0 Å². The number of amides is 1. The quantitative estimate of drug-likeness (QED) is 0.492. The molecule has 1 atom stereocenters. The van der Waals surface area contributed by atoms with Gasteiger partial charge in [-0.1, -0.05) is 42.5 Å². The molecule has 178 valence electrons. The fourth-order valence-electron chi connectivity index (χ4n) is 3.82. The number of halogens is 1. The van der Waals surface area contributed by atoms with Gasteiger partial charge in [0.05, 0.1) is 19.3 Å². The molecule has 1 amide bonds. The van der Waals surface area contributed by atoms with Gasteiger partial charge in [0.15, 0.2) is 6.61 Å². The number of ether oxygens (including phenoxy) is 3. The number of hydrogen-bond donors (Lipinski definition) is 1. The number of hydrogen-bond acceptors (Lipinski definition) is 5. The number of morpholine rings is 1. The molecule has 0 aliphatic carbocycles. The average molecular weight is 465 g/mol. The summed E-state index contributed by atoms with van der Waals surface area (Å²) in [5.74, 6) is 0.821. The van der Waals surface area contributed by atoms with Crippen LogP contribution in [0, 0.1) is 5.82 Å². The predicted molar refractivity (Wildman–Crippen MR) is 127 cm³/mol. The van der Waals surface area contributed by atoms with Crippen molar-refractivity contribution in [3.05, 3.63) is 95.8 Å². The van der Waals surface area contributed by atoms with Crippen LogP contribution in [-0.2, 0) is 16.1 Å². The monoisotopic (exact) mass is 464 g/mol. The SMILES string of the molecule is O=C(COc1ccc(OCc2ccccc2)cc1)NCC(c1ccc(F)cc1)N1CCOCC1. The van der Waals surface area contributed by atoms with Crippen LogP contribution in [0.5, 0.6) is 11.5 Å². The molecule has 0 bridgehead atoms. The molecule has 1 fully saturated rings. The van der Waals surface area contributed by atoms with Crippen LogP contribution in [0.15, 0.2) is 78.9 Å². The van der Waals surface area contributed by atoms with Gasteiger partial charge in [-0.2, -0.15) is 0 Å². The van der Waals surface area contributed by atoms with Crippen molar-refractivity contribution in [1.29, 1.82) is 0 Å². The van der Waals surface area contributed by atoms with Crippen molar-refractivity contribution in [2.75, 3.05) is 39.5 Å². The molecule has 1 aliphatic heterocycles. The molecular weight excluding hydrogens is 435 g/mol. The summed E-state index contributed by atoms with van der Waals surface area (Å²) < 4.78 is 30.2. The van der Waals surface area contributed by atoms with Crippen molar-refractivity contribution in [2.24, 2.45) is 0 Å². The highest BCUT2D eigenvalue weighted by atomic mass is 19.1. The zero-order valence-corrected chi connectivity index (χ0v) is 19.0. The molecule has 1 saturated heterocycles. The minimum atomic E-state index is -0.279. The second kappa shape index (κ2) is 12.2. The third-order valence-electron chi connectivity index (χ3n) is 5.68. The molecule has 3 aromatic rings. The Morgan fingerprint density at radius 3 is 2.24 bits per heavy atom. The molecule has 1 unspecified atom stereocenters. The molecule has 7 heteroatoms. The van der Waals surface area contributed by atoms with Gasteiger partial charge in [0.2, 0.25) is 0 Å². The van der Waals surface area contributed by atoms with E-state index in [4.69, 9.17) is 14.2 Å². The minimum Gasteiger partial charge on any atom is -0.489 e. The minimum absolute atomic E-state index is 0.0607. The molecule has 1 aliphatic rings. The Bertz CT molecular complexity index is 1020. The van der Waals surface area contributed by atoms with Crippen LogP contribution in [0.1, 0.15) is 17.2 Å². The van der Waals surface area contributed by atoms with Gasteiger partial charge in [-0.25, -0.2) is 4.39 Å². The van der Waals surface area contributed by atoms with E-state index in [1.807, 2.05) is 42.5 Å². The van der Waals surface area contributed by atoms with E-state index in [1.165, 1.54) is 12.1 Å². The Morgan fingerprint density at radius 2 is 1.56 bits per heavy atom. The fourth-order valence-corrected chi connectivity index (χ4v) is 3.82. The standard InChI is InChI=1S/C27H29FN2O4/c28-23-8-6-22(7-9-23)26(30-14-16-32-17-15-30)18-29-27(31)20-34-25-12-10-24(11-13-25)33-19-21-4-2-1-3-5-21/h1-13,26H,14-20H2,(H,29,31). The lowest BCUT2D eigenvalue weighted by Gasteiger charge is -2.35. The lowest BCUT2D eigenvalue weighted by atomic mass is 10.0. The molecular formula is C27H29FN2O4. The van der Waals surface area contributed by atoms with Crippen molar-refractivity contribution < 1.29 is 23.4 Å². The van der Waals surface area contributed by atoms with Gasteiger partial charge in [0.25, 0.3) is 5.91 Å². The van der Waals surface area contributed by atoms with Crippen LogP contribution in [0.25, 0.3) is 0 Å². The fraction of sp³-hybridized carbons (Fsp3) is 0.296. The molecule has 1 N–H and O–H groups in total. The summed E-state index contributed by atoms with van der Waals surface area (Å²) in [5.41, 5.74) is 2.05. The molecule has 0 radical (unpaired) electrons. The predicted octanol–water partition coefficient (Wildman–Crippen LogP) is 3.97. The summed E-state index contributed by atoms with van der Waals surface area (Å²) in [7, 11) is 0. The van der Waals surface area contributed by atoms with Crippen molar-refractivity contribution in [3.63, 3.8) is 0 Å². The van der Waals surface area contributed by atoms with Gasteiger partial charge in [-0.15, -0.1) is 0 Å². The van der Waals surface area contributed by atoms with E-state index < -0.39 is 0 Å². The smallest absolute Gasteiger partial charge is 0.258 e. The maximum absolute atomic E-state index is 13.4. The molecule has 0 saturated carbocycles. The summed E-state index contributed by atoms with van der Waals surface area (Å²) in [4.78, 5) is 14.7. The molecule has 1 heterocycles. The van der Waals surface area contributed by atoms with E-state index in [-0.39, 0.29) is 24.4 Å². The van der Waals surface area contributed by atoms with Crippen LogP contribution in [0.3, 0.4) is 0 Å². The maximum Gasteiger partial charge on any atom is 0.258 e. The van der Waals surface area contributed by atoms with Gasteiger partial charge < -0.3 is 19.5 Å². The first-order valence-corrected chi connectivity index (χ1v) is 11.4. The van der Waals surface area contributed by atoms with Gasteiger partial charge >= 0.3 is 0 Å². The van der Waals surface area contributed by atoms with E-state index in [2.05, 4.69) is 10.2 Å². The van der Waals surface area contributed by atoms with E-state index in [9.17, 15) is 9.18 Å². The van der Waals surface area contributed by atoms with Crippen molar-refractivity contribution in [2.45, 2.75) is 12.6 Å². The normalized spacial score (nSPS) is 14.9. The zero-order valence-electron chi connectivity index (χ0n) is 19.0. The van der Waals surface area contributed by atoms with E-state index in [0.29, 0.717) is 32.1 Å². The molecule has 6 nitrogen and oxygen atoms in total. The van der Waals surface area contributed by atoms with E-state index in [1.54, 1.807) is 24.3 Å². The van der Waals surface area contributed by atoms with Gasteiger partial charge in [0.1, 0.15) is 23.9 Å². The van der Waals surface area contributed by atoms with Crippen molar-refractivity contribution in [3.8, 4) is 11.5 Å². The Balaban J connectivity index is 1.25. The van der Waals surface area contributed by atoms with Crippen molar-refractivity contribution >= 4 is 5.91 Å². The third-order valence-corrected chi connectivity index (χ3v) is 5.68. The average Bonchev–Trinajstić information content (AvgIpc) is 2.89. The number of carbonyl (C=O) groups excluding carboxylic acids is 1. The highest BCUT2D eigenvalue weighted by Gasteiger charge is 2.23. The number of carbonyl (C=O) groups is 1.